The molecule has 5 nitrogen and oxygen atoms in total. The number of carbonyl (C=O) groups is 1. The Morgan fingerprint density at radius 2 is 2.00 bits per heavy atom. The Labute approximate surface area is 129 Å². The number of hydrogen-bond acceptors (Lipinski definition) is 3. The first-order valence-corrected chi connectivity index (χ1v) is 7.48. The van der Waals surface area contributed by atoms with Crippen LogP contribution in [0.5, 0.6) is 5.75 Å². The fourth-order valence-electron chi connectivity index (χ4n) is 2.65. The van der Waals surface area contributed by atoms with E-state index in [0.717, 1.165) is 18.6 Å². The molecule has 5 heteroatoms. The third-order valence-electron chi connectivity index (χ3n) is 3.75. The number of rotatable bonds is 4. The molecule has 0 atom stereocenters. The summed E-state index contributed by atoms with van der Waals surface area (Å²) in [5.74, 6) is 0.307. The maximum absolute atomic E-state index is 12.1. The van der Waals surface area contributed by atoms with E-state index in [9.17, 15) is 10.0 Å². The van der Waals surface area contributed by atoms with Gasteiger partial charge in [0.2, 0.25) is 0 Å². The van der Waals surface area contributed by atoms with Gasteiger partial charge in [-0.25, -0.2) is 0 Å². The molecule has 1 aromatic carbocycles. The normalized spacial score (nSPS) is 14.7. The number of amides is 1. The van der Waals surface area contributed by atoms with Crippen LogP contribution in [0.25, 0.3) is 0 Å². The summed E-state index contributed by atoms with van der Waals surface area (Å²) >= 11 is 0. The lowest BCUT2D eigenvalue weighted by Crippen LogP contribution is -2.36. The molecule has 22 heavy (non-hydrogen) atoms. The van der Waals surface area contributed by atoms with Crippen molar-refractivity contribution < 1.29 is 14.3 Å². The minimum absolute atomic E-state index is 0.0598. The molecular weight excluding hydrogens is 280 g/mol. The van der Waals surface area contributed by atoms with E-state index in [2.05, 4.69) is 5.32 Å². The van der Waals surface area contributed by atoms with Gasteiger partial charge in [0.15, 0.2) is 6.20 Å². The van der Waals surface area contributed by atoms with E-state index in [0.29, 0.717) is 10.4 Å². The van der Waals surface area contributed by atoms with Crippen molar-refractivity contribution in [2.45, 2.75) is 31.8 Å². The van der Waals surface area contributed by atoms with Gasteiger partial charge in [-0.05, 0) is 43.9 Å². The second-order valence-corrected chi connectivity index (χ2v) is 5.42. The van der Waals surface area contributed by atoms with Gasteiger partial charge < -0.3 is 15.3 Å². The number of ether oxygens (including phenoxy) is 1. The number of nitrogens with zero attached hydrogens (tertiary/aromatic N) is 1. The quantitative estimate of drug-likeness (QED) is 0.697. The molecule has 114 valence electrons. The molecule has 0 radical (unpaired) electrons. The molecule has 1 fully saturated rings. The molecular formula is C17H18N2O3. The Kier molecular flexibility index (Phi) is 4.23. The van der Waals surface area contributed by atoms with E-state index in [1.165, 1.54) is 25.1 Å². The van der Waals surface area contributed by atoms with Crippen molar-refractivity contribution in [3.63, 3.8) is 0 Å². The summed E-state index contributed by atoms with van der Waals surface area (Å²) in [6.45, 7) is 0. The lowest BCUT2D eigenvalue weighted by atomic mass is 10.2. The van der Waals surface area contributed by atoms with Gasteiger partial charge >= 0.3 is 5.91 Å². The van der Waals surface area contributed by atoms with E-state index < -0.39 is 5.91 Å². The molecule has 3 rings (SSSR count). The molecule has 0 aliphatic heterocycles. The highest BCUT2D eigenvalue weighted by Gasteiger charge is 2.18. The Hall–Kier alpha value is -2.56. The minimum Gasteiger partial charge on any atom is -0.618 e. The second-order valence-electron chi connectivity index (χ2n) is 5.42. The van der Waals surface area contributed by atoms with Crippen molar-refractivity contribution in [1.82, 2.24) is 0 Å². The van der Waals surface area contributed by atoms with E-state index >= 15 is 0 Å². The first-order chi connectivity index (χ1) is 10.7. The molecule has 2 aromatic rings. The molecule has 1 N–H and O–H groups in total. The van der Waals surface area contributed by atoms with Crippen LogP contribution in [0.15, 0.2) is 48.7 Å². The maximum atomic E-state index is 12.1. The average molecular weight is 298 g/mol. The van der Waals surface area contributed by atoms with E-state index in [1.54, 1.807) is 24.3 Å². The molecule has 0 saturated heterocycles. The summed E-state index contributed by atoms with van der Waals surface area (Å²) in [5, 5.41) is 14.3. The monoisotopic (exact) mass is 298 g/mol. The van der Waals surface area contributed by atoms with Gasteiger partial charge in [-0.15, -0.1) is 0 Å². The molecule has 0 unspecified atom stereocenters. The molecule has 1 saturated carbocycles. The maximum Gasteiger partial charge on any atom is 0.321 e. The molecule has 1 aliphatic carbocycles. The smallest absolute Gasteiger partial charge is 0.321 e. The fourth-order valence-corrected chi connectivity index (χ4v) is 2.65. The first kappa shape index (κ1) is 14.4. The van der Waals surface area contributed by atoms with E-state index in [-0.39, 0.29) is 11.8 Å². The van der Waals surface area contributed by atoms with Crippen molar-refractivity contribution in [2.24, 2.45) is 0 Å². The second kappa shape index (κ2) is 6.47. The van der Waals surface area contributed by atoms with Crippen molar-refractivity contribution in [2.75, 3.05) is 5.32 Å². The lowest BCUT2D eigenvalue weighted by Gasteiger charge is -2.14. The Morgan fingerprint density at radius 3 is 2.77 bits per heavy atom. The van der Waals surface area contributed by atoms with Crippen molar-refractivity contribution in [3.8, 4) is 5.75 Å². The average Bonchev–Trinajstić information content (AvgIpc) is 3.01. The third kappa shape index (κ3) is 3.36. The van der Waals surface area contributed by atoms with Gasteiger partial charge in [0.1, 0.15) is 5.75 Å². The van der Waals surface area contributed by atoms with Crippen LogP contribution in [-0.2, 0) is 0 Å². The third-order valence-corrected chi connectivity index (χ3v) is 3.75. The SMILES string of the molecule is O=C(Nc1cccc(OC2CCCC2)c1)c1cccc[n+]1[O-]. The summed E-state index contributed by atoms with van der Waals surface area (Å²) in [7, 11) is 0. The molecule has 1 amide bonds. The van der Waals surface area contributed by atoms with Crippen molar-refractivity contribution >= 4 is 11.6 Å². The van der Waals surface area contributed by atoms with Gasteiger partial charge in [0, 0.05) is 23.9 Å². The van der Waals surface area contributed by atoms with Crippen LogP contribution in [0.3, 0.4) is 0 Å². The highest BCUT2D eigenvalue weighted by atomic mass is 16.5. The Morgan fingerprint density at radius 1 is 1.18 bits per heavy atom. The van der Waals surface area contributed by atoms with Crippen molar-refractivity contribution in [1.29, 1.82) is 0 Å². The summed E-state index contributed by atoms with van der Waals surface area (Å²) < 4.78 is 6.46. The summed E-state index contributed by atoms with van der Waals surface area (Å²) in [6, 6.07) is 12.0. The van der Waals surface area contributed by atoms with Crippen LogP contribution in [0.1, 0.15) is 36.2 Å². The summed E-state index contributed by atoms with van der Waals surface area (Å²) in [6.07, 6.45) is 6.14. The molecule has 1 aliphatic rings. The minimum atomic E-state index is -0.436. The Balaban J connectivity index is 1.69. The Bertz CT molecular complexity index is 666. The fraction of sp³-hybridized carbons (Fsp3) is 0.294. The number of anilines is 1. The topological polar surface area (TPSA) is 65.3 Å². The number of aromatic nitrogens is 1. The zero-order valence-electron chi connectivity index (χ0n) is 12.2. The number of carbonyl (C=O) groups excluding carboxylic acids is 1. The number of nitrogens with one attached hydrogen (secondary N) is 1. The molecule has 1 heterocycles. The summed E-state index contributed by atoms with van der Waals surface area (Å²) in [4.78, 5) is 12.1. The number of pyridine rings is 1. The van der Waals surface area contributed by atoms with Gasteiger partial charge in [0.25, 0.3) is 5.69 Å². The number of hydrogen-bond donors (Lipinski definition) is 1. The van der Waals surface area contributed by atoms with Gasteiger partial charge in [0.05, 0.1) is 6.10 Å². The summed E-state index contributed by atoms with van der Waals surface area (Å²) in [5.41, 5.74) is 0.675. The van der Waals surface area contributed by atoms with Crippen LogP contribution >= 0.6 is 0 Å². The number of benzene rings is 1. The lowest BCUT2D eigenvalue weighted by molar-refractivity contribution is -0.607. The zero-order valence-corrected chi connectivity index (χ0v) is 12.2. The molecule has 0 bridgehead atoms. The highest BCUT2D eigenvalue weighted by molar-refractivity contribution is 6.01. The van der Waals surface area contributed by atoms with Crippen LogP contribution in [0.2, 0.25) is 0 Å². The van der Waals surface area contributed by atoms with Gasteiger partial charge in [-0.3, -0.25) is 4.79 Å². The molecule has 1 aromatic heterocycles. The molecule has 0 spiro atoms. The van der Waals surface area contributed by atoms with Crippen molar-refractivity contribution in [3.05, 3.63) is 59.6 Å². The zero-order chi connectivity index (χ0) is 15.4. The van der Waals surface area contributed by atoms with Crippen LogP contribution in [0.4, 0.5) is 5.69 Å². The van der Waals surface area contributed by atoms with Gasteiger partial charge in [-0.1, -0.05) is 6.07 Å². The van der Waals surface area contributed by atoms with E-state index in [4.69, 9.17) is 4.74 Å². The van der Waals surface area contributed by atoms with Gasteiger partial charge in [-0.2, -0.15) is 4.73 Å². The largest absolute Gasteiger partial charge is 0.618 e. The standard InChI is InChI=1S/C17H18N2O3/c20-17(16-10-3-4-11-19(16)21)18-13-6-5-9-15(12-13)22-14-7-1-2-8-14/h3-6,9-12,14H,1-2,7-8H2,(H,18,20). The van der Waals surface area contributed by atoms with E-state index in [1.807, 2.05) is 12.1 Å². The highest BCUT2D eigenvalue weighted by Crippen LogP contribution is 2.25. The predicted octanol–water partition coefficient (Wildman–Crippen LogP) is 2.89. The first-order valence-electron chi connectivity index (χ1n) is 7.48. The predicted molar refractivity (Wildman–Crippen MR) is 82.7 cm³/mol. The van der Waals surface area contributed by atoms with Crippen LogP contribution in [-0.4, -0.2) is 12.0 Å². The van der Waals surface area contributed by atoms with Crippen LogP contribution < -0.4 is 14.8 Å². The van der Waals surface area contributed by atoms with Crippen LogP contribution in [0, 0.1) is 5.21 Å².